The molecule has 3 aromatic heterocycles. The molecule has 4 rings (SSSR count). The number of aryl methyl sites for hydroxylation is 1. The number of halogens is 1. The third-order valence-electron chi connectivity index (χ3n) is 4.30. The molecule has 0 aromatic carbocycles. The highest BCUT2D eigenvalue weighted by Crippen LogP contribution is 2.31. The lowest BCUT2D eigenvalue weighted by Gasteiger charge is -2.25. The first-order valence-electron chi connectivity index (χ1n) is 7.68. The Bertz CT molecular complexity index is 970. The number of ether oxygens (including phenoxy) is 1. The minimum atomic E-state index is 0.382. The maximum absolute atomic E-state index is 9.42. The fourth-order valence-electron chi connectivity index (χ4n) is 3.11. The van der Waals surface area contributed by atoms with E-state index in [0.29, 0.717) is 53.0 Å². The average Bonchev–Trinajstić information content (AvgIpc) is 2.89. The van der Waals surface area contributed by atoms with Gasteiger partial charge in [-0.05, 0) is 6.07 Å². The van der Waals surface area contributed by atoms with Gasteiger partial charge in [0, 0.05) is 26.3 Å². The van der Waals surface area contributed by atoms with Crippen LogP contribution >= 0.6 is 11.6 Å². The van der Waals surface area contributed by atoms with Crippen molar-refractivity contribution < 1.29 is 4.74 Å². The second-order valence-corrected chi connectivity index (χ2v) is 6.10. The van der Waals surface area contributed by atoms with Gasteiger partial charge in [0.2, 0.25) is 0 Å². The van der Waals surface area contributed by atoms with Crippen molar-refractivity contribution in [1.82, 2.24) is 24.4 Å². The SMILES string of the molecule is Cn1c2nccc(C#N)c2c2nc(CN3CCOCC3)nc(Cl)c21. The first-order valence-corrected chi connectivity index (χ1v) is 8.06. The predicted octanol–water partition coefficient (Wildman–Crippen LogP) is 1.87. The Kier molecular flexibility index (Phi) is 3.81. The summed E-state index contributed by atoms with van der Waals surface area (Å²) in [6.45, 7) is 3.73. The van der Waals surface area contributed by atoms with E-state index >= 15 is 0 Å². The number of aromatic nitrogens is 4. The molecule has 0 N–H and O–H groups in total. The van der Waals surface area contributed by atoms with E-state index in [1.807, 2.05) is 11.6 Å². The van der Waals surface area contributed by atoms with Gasteiger partial charge in [0.1, 0.15) is 28.6 Å². The largest absolute Gasteiger partial charge is 0.379 e. The molecule has 122 valence electrons. The lowest BCUT2D eigenvalue weighted by atomic mass is 10.2. The van der Waals surface area contributed by atoms with Crippen molar-refractivity contribution in [2.24, 2.45) is 7.05 Å². The summed E-state index contributed by atoms with van der Waals surface area (Å²) in [5.41, 5.74) is 2.61. The van der Waals surface area contributed by atoms with Crippen molar-refractivity contribution in [2.45, 2.75) is 6.54 Å². The summed E-state index contributed by atoms with van der Waals surface area (Å²) in [4.78, 5) is 15.7. The molecule has 4 heterocycles. The molecule has 0 unspecified atom stereocenters. The summed E-state index contributed by atoms with van der Waals surface area (Å²) in [6, 6.07) is 3.91. The Balaban J connectivity index is 1.90. The van der Waals surface area contributed by atoms with Gasteiger partial charge < -0.3 is 9.30 Å². The van der Waals surface area contributed by atoms with Gasteiger partial charge in [0.15, 0.2) is 5.15 Å². The Morgan fingerprint density at radius 1 is 1.33 bits per heavy atom. The number of hydrogen-bond donors (Lipinski definition) is 0. The summed E-state index contributed by atoms with van der Waals surface area (Å²) in [7, 11) is 1.86. The topological polar surface area (TPSA) is 79.9 Å². The Hall–Kier alpha value is -2.27. The summed E-state index contributed by atoms with van der Waals surface area (Å²) in [5.74, 6) is 0.648. The molecule has 0 spiro atoms. The van der Waals surface area contributed by atoms with Crippen LogP contribution in [0.5, 0.6) is 0 Å². The van der Waals surface area contributed by atoms with E-state index in [4.69, 9.17) is 21.3 Å². The molecule has 1 saturated heterocycles. The van der Waals surface area contributed by atoms with Crippen molar-refractivity contribution in [3.63, 3.8) is 0 Å². The molecule has 1 aliphatic rings. The zero-order chi connectivity index (χ0) is 16.7. The van der Waals surface area contributed by atoms with Crippen LogP contribution in [0.25, 0.3) is 22.1 Å². The highest BCUT2D eigenvalue weighted by Gasteiger charge is 2.20. The number of hydrogen-bond acceptors (Lipinski definition) is 6. The van der Waals surface area contributed by atoms with Crippen LogP contribution in [0.3, 0.4) is 0 Å². The molecule has 0 atom stereocenters. The lowest BCUT2D eigenvalue weighted by molar-refractivity contribution is 0.0331. The molecule has 0 saturated carbocycles. The average molecular weight is 343 g/mol. The van der Waals surface area contributed by atoms with Crippen LogP contribution in [-0.2, 0) is 18.3 Å². The fourth-order valence-corrected chi connectivity index (χ4v) is 3.42. The van der Waals surface area contributed by atoms with Crippen LogP contribution < -0.4 is 0 Å². The molecular formula is C16H15ClN6O. The Labute approximate surface area is 143 Å². The zero-order valence-electron chi connectivity index (χ0n) is 13.2. The monoisotopic (exact) mass is 342 g/mol. The molecule has 3 aromatic rings. The molecule has 1 fully saturated rings. The molecule has 0 aliphatic carbocycles. The summed E-state index contributed by atoms with van der Waals surface area (Å²) in [5, 5.41) is 10.5. The van der Waals surface area contributed by atoms with E-state index in [9.17, 15) is 5.26 Å². The van der Waals surface area contributed by atoms with Crippen molar-refractivity contribution in [3.05, 3.63) is 28.8 Å². The number of nitriles is 1. The standard InChI is InChI=1S/C16H15ClN6O/c1-22-14-13(12-10(8-18)2-3-19-16(12)22)20-11(21-15(14)17)9-23-4-6-24-7-5-23/h2-3H,4-7,9H2,1H3. The van der Waals surface area contributed by atoms with Gasteiger partial charge in [-0.1, -0.05) is 11.6 Å². The first-order chi connectivity index (χ1) is 11.7. The molecule has 8 heteroatoms. The predicted molar refractivity (Wildman–Crippen MR) is 89.6 cm³/mol. The van der Waals surface area contributed by atoms with Gasteiger partial charge in [-0.2, -0.15) is 5.26 Å². The van der Waals surface area contributed by atoms with E-state index in [0.717, 1.165) is 18.5 Å². The lowest BCUT2D eigenvalue weighted by Crippen LogP contribution is -2.36. The molecule has 0 radical (unpaired) electrons. The van der Waals surface area contributed by atoms with E-state index in [2.05, 4.69) is 20.9 Å². The second kappa shape index (κ2) is 5.98. The van der Waals surface area contributed by atoms with Crippen molar-refractivity contribution in [2.75, 3.05) is 26.3 Å². The Morgan fingerprint density at radius 3 is 2.88 bits per heavy atom. The molecule has 24 heavy (non-hydrogen) atoms. The molecule has 0 bridgehead atoms. The van der Waals surface area contributed by atoms with Crippen LogP contribution in [0, 0.1) is 11.3 Å². The third kappa shape index (κ3) is 2.40. The van der Waals surface area contributed by atoms with Crippen LogP contribution in [0.1, 0.15) is 11.4 Å². The van der Waals surface area contributed by atoms with E-state index in [1.165, 1.54) is 0 Å². The first kappa shape index (κ1) is 15.3. The minimum Gasteiger partial charge on any atom is -0.379 e. The number of nitrogens with zero attached hydrogens (tertiary/aromatic N) is 6. The van der Waals surface area contributed by atoms with Crippen LogP contribution in [0.2, 0.25) is 5.15 Å². The minimum absolute atomic E-state index is 0.382. The van der Waals surface area contributed by atoms with Gasteiger partial charge in [-0.15, -0.1) is 0 Å². The second-order valence-electron chi connectivity index (χ2n) is 5.74. The Morgan fingerprint density at radius 2 is 2.12 bits per heavy atom. The van der Waals surface area contributed by atoms with Gasteiger partial charge >= 0.3 is 0 Å². The summed E-state index contributed by atoms with van der Waals surface area (Å²) in [6.07, 6.45) is 1.62. The fraction of sp³-hybridized carbons (Fsp3) is 0.375. The van der Waals surface area contributed by atoms with Crippen LogP contribution in [0.15, 0.2) is 12.3 Å². The smallest absolute Gasteiger partial charge is 0.157 e. The van der Waals surface area contributed by atoms with Crippen LogP contribution in [0.4, 0.5) is 0 Å². The summed E-state index contributed by atoms with van der Waals surface area (Å²) < 4.78 is 7.21. The van der Waals surface area contributed by atoms with Crippen molar-refractivity contribution in [1.29, 1.82) is 5.26 Å². The number of fused-ring (bicyclic) bond motifs is 3. The maximum atomic E-state index is 9.42. The molecule has 1 aliphatic heterocycles. The van der Waals surface area contributed by atoms with Crippen LogP contribution in [-0.4, -0.2) is 50.7 Å². The van der Waals surface area contributed by atoms with Gasteiger partial charge in [-0.3, -0.25) is 4.90 Å². The highest BCUT2D eigenvalue weighted by atomic mass is 35.5. The summed E-state index contributed by atoms with van der Waals surface area (Å²) >= 11 is 6.43. The normalized spacial score (nSPS) is 15.9. The number of pyridine rings is 1. The van der Waals surface area contributed by atoms with Crippen molar-refractivity contribution >= 4 is 33.7 Å². The van der Waals surface area contributed by atoms with Crippen molar-refractivity contribution in [3.8, 4) is 6.07 Å². The van der Waals surface area contributed by atoms with Gasteiger partial charge in [0.25, 0.3) is 0 Å². The molecule has 0 amide bonds. The number of morpholine rings is 1. The highest BCUT2D eigenvalue weighted by molar-refractivity contribution is 6.34. The van der Waals surface area contributed by atoms with Gasteiger partial charge in [0.05, 0.1) is 30.7 Å². The number of rotatable bonds is 2. The maximum Gasteiger partial charge on any atom is 0.157 e. The van der Waals surface area contributed by atoms with E-state index in [1.54, 1.807) is 12.3 Å². The van der Waals surface area contributed by atoms with Gasteiger partial charge in [-0.25, -0.2) is 15.0 Å². The zero-order valence-corrected chi connectivity index (χ0v) is 13.9. The quantitative estimate of drug-likeness (QED) is 0.661. The van der Waals surface area contributed by atoms with E-state index < -0.39 is 0 Å². The third-order valence-corrected chi connectivity index (χ3v) is 4.56. The van der Waals surface area contributed by atoms with E-state index in [-0.39, 0.29) is 0 Å². The molecule has 7 nitrogen and oxygen atoms in total. The molecular weight excluding hydrogens is 328 g/mol.